The number of methoxy groups -OCH3 is 6. The molecule has 0 spiro atoms. The monoisotopic (exact) mass is 1450 g/mol. The van der Waals surface area contributed by atoms with Crippen molar-refractivity contribution in [3.05, 3.63) is 342 Å². The van der Waals surface area contributed by atoms with Crippen LogP contribution in [0.4, 0.5) is 0 Å². The lowest BCUT2D eigenvalue weighted by atomic mass is 10.1. The number of ether oxygens (including phenoxy) is 8. The third kappa shape index (κ3) is 61.7. The van der Waals surface area contributed by atoms with Crippen LogP contribution in [0.25, 0.3) is 64.6 Å². The molecule has 0 aliphatic carbocycles. The Morgan fingerprint density at radius 2 is 0.318 bits per heavy atom. The molecule has 8 heteroatoms. The zero-order valence-corrected chi connectivity index (χ0v) is 68.5. The molecule has 2 aliphatic heterocycles. The largest absolute Gasteiger partial charge is 0.382 e. The molecule has 0 bridgehead atoms. The van der Waals surface area contributed by atoms with E-state index in [-0.39, 0.29) is 0 Å². The molecule has 2 aliphatic rings. The molecule has 12 aromatic carbocycles. The van der Waals surface area contributed by atoms with E-state index in [1.54, 1.807) is 67.0 Å². The number of fused-ring (bicyclic) bond motifs is 6. The van der Waals surface area contributed by atoms with Crippen LogP contribution >= 0.6 is 0 Å². The normalized spacial score (nSPS) is 11.3. The first-order chi connectivity index (χ1) is 52.4. The maximum atomic E-state index is 4.82. The Hall–Kier alpha value is -9.16. The predicted octanol–water partition coefficient (Wildman–Crippen LogP) is 27.5. The molecule has 2 fully saturated rings. The standard InChI is InChI=1S/6C10H8.2C4H8O2.4C4H8O.5C3H8/c6*1-2-6-10-8-4-3-7-9(10)5-1;2*1-5-2-4-3-6-4;4*1-3-4-5-2;5*1-3-2/h6*1-8H;2*4H,2-3H2,1H3;4*3H,1,4H2,2H3;5*3H2,1-2H3. The highest BCUT2D eigenvalue weighted by Crippen LogP contribution is 2.16. The first-order valence-corrected chi connectivity index (χ1v) is 37.6. The van der Waals surface area contributed by atoms with Crippen molar-refractivity contribution in [2.45, 2.75) is 114 Å². The van der Waals surface area contributed by atoms with Gasteiger partial charge in [-0.3, -0.25) is 0 Å². The molecule has 107 heavy (non-hydrogen) atoms. The van der Waals surface area contributed by atoms with E-state index in [1.807, 2.05) is 0 Å². The highest BCUT2D eigenvalue weighted by atomic mass is 16.6. The van der Waals surface area contributed by atoms with Crippen molar-refractivity contribution in [1.29, 1.82) is 0 Å². The Labute approximate surface area is 649 Å². The number of benzene rings is 12. The average Bonchev–Trinajstić information content (AvgIpc) is 1.78. The molecule has 0 N–H and O–H groups in total. The summed E-state index contributed by atoms with van der Waals surface area (Å²) >= 11 is 0. The Kier molecular flexibility index (Phi) is 75.7. The zero-order chi connectivity index (χ0) is 79.7. The van der Waals surface area contributed by atoms with Crippen molar-refractivity contribution in [2.75, 3.05) is 95.5 Å². The van der Waals surface area contributed by atoms with Crippen LogP contribution in [0, 0.1) is 0 Å². The van der Waals surface area contributed by atoms with Crippen molar-refractivity contribution in [1.82, 2.24) is 0 Å². The lowest BCUT2D eigenvalue weighted by Gasteiger charge is -1.92. The van der Waals surface area contributed by atoms with Crippen molar-refractivity contribution in [3.63, 3.8) is 0 Å². The van der Waals surface area contributed by atoms with Crippen LogP contribution in [0.15, 0.2) is 342 Å². The summed E-state index contributed by atoms with van der Waals surface area (Å²) < 4.78 is 37.4. The fourth-order valence-electron chi connectivity index (χ4n) is 7.97. The van der Waals surface area contributed by atoms with E-state index < -0.39 is 0 Å². The molecule has 14 rings (SSSR count). The van der Waals surface area contributed by atoms with Gasteiger partial charge in [-0.05, 0) is 64.6 Å². The number of rotatable bonds is 12. The smallest absolute Gasteiger partial charge is 0.104 e. The molecule has 0 aromatic heterocycles. The van der Waals surface area contributed by atoms with Crippen molar-refractivity contribution < 1.29 is 37.9 Å². The summed E-state index contributed by atoms with van der Waals surface area (Å²) in [5, 5.41) is 15.7. The van der Waals surface area contributed by atoms with Gasteiger partial charge in [0.05, 0.1) is 52.9 Å². The molecule has 580 valence electrons. The van der Waals surface area contributed by atoms with Crippen LogP contribution in [0.5, 0.6) is 0 Å². The Balaban J connectivity index is -0.00000109. The zero-order valence-electron chi connectivity index (χ0n) is 68.5. The minimum atomic E-state index is 0.426. The summed E-state index contributed by atoms with van der Waals surface area (Å²) in [5.41, 5.74) is 0. The Bertz CT molecular complexity index is 2860. The quantitative estimate of drug-likeness (QED) is 0.0884. The fourth-order valence-corrected chi connectivity index (χ4v) is 7.97. The molecular formula is C99H136O8. The minimum absolute atomic E-state index is 0.426. The summed E-state index contributed by atoms with van der Waals surface area (Å²) in [6.07, 6.45) is 13.9. The summed E-state index contributed by atoms with van der Waals surface area (Å²) in [5.74, 6) is 0. The van der Waals surface area contributed by atoms with E-state index in [9.17, 15) is 0 Å². The van der Waals surface area contributed by atoms with Gasteiger partial charge in [0.2, 0.25) is 0 Å². The van der Waals surface area contributed by atoms with E-state index in [4.69, 9.17) is 18.9 Å². The molecule has 2 saturated heterocycles. The molecular weight excluding hydrogens is 1320 g/mol. The molecule has 0 radical (unpaired) electrons. The molecule has 0 saturated carbocycles. The van der Waals surface area contributed by atoms with Gasteiger partial charge in [-0.25, -0.2) is 0 Å². The SMILES string of the molecule is C=CCOC.C=CCOC.C=CCOC.C=CCOC.CCC.CCC.CCC.CCC.CCC.COCC1CO1.COCC1CO1.c1ccc2ccccc2c1.c1ccc2ccccc2c1.c1ccc2ccccc2c1.c1ccc2ccccc2c1.c1ccc2ccccc2c1.c1ccc2ccccc2c1. The second-order valence-corrected chi connectivity index (χ2v) is 23.4. The van der Waals surface area contributed by atoms with Crippen molar-refractivity contribution >= 4 is 64.6 Å². The highest BCUT2D eigenvalue weighted by molar-refractivity contribution is 5.85. The first-order valence-electron chi connectivity index (χ1n) is 37.6. The van der Waals surface area contributed by atoms with Crippen LogP contribution in [0.1, 0.15) is 101 Å². The lowest BCUT2D eigenvalue weighted by molar-refractivity contribution is 0.171. The number of epoxide rings is 2. The summed E-state index contributed by atoms with van der Waals surface area (Å²) in [6, 6.07) is 100. The highest BCUT2D eigenvalue weighted by Gasteiger charge is 2.21. The third-order valence-corrected chi connectivity index (χ3v) is 12.6. The minimum Gasteiger partial charge on any atom is -0.382 e. The maximum absolute atomic E-state index is 4.82. The number of hydrogen-bond acceptors (Lipinski definition) is 8. The topological polar surface area (TPSA) is 80.4 Å². The third-order valence-electron chi connectivity index (χ3n) is 12.6. The second-order valence-electron chi connectivity index (χ2n) is 23.4. The van der Waals surface area contributed by atoms with Crippen molar-refractivity contribution in [2.24, 2.45) is 0 Å². The maximum Gasteiger partial charge on any atom is 0.104 e. The number of hydrogen-bond donors (Lipinski definition) is 0. The Morgan fingerprint density at radius 3 is 0.355 bits per heavy atom. The van der Waals surface area contributed by atoms with E-state index in [1.165, 1.54) is 96.7 Å². The molecule has 2 heterocycles. The van der Waals surface area contributed by atoms with Gasteiger partial charge in [0, 0.05) is 42.7 Å². The first kappa shape index (κ1) is 102. The Morgan fingerprint density at radius 1 is 0.224 bits per heavy atom. The predicted molar refractivity (Wildman–Crippen MR) is 475 cm³/mol. The summed E-state index contributed by atoms with van der Waals surface area (Å²) in [7, 11) is 9.93. The van der Waals surface area contributed by atoms with Crippen LogP contribution in [0.2, 0.25) is 0 Å². The lowest BCUT2D eigenvalue weighted by Crippen LogP contribution is -1.94. The molecule has 8 nitrogen and oxygen atoms in total. The summed E-state index contributed by atoms with van der Waals surface area (Å²) in [6.45, 7) is 40.9. The van der Waals surface area contributed by atoms with Gasteiger partial charge in [0.1, 0.15) is 12.2 Å². The van der Waals surface area contributed by atoms with Gasteiger partial charge < -0.3 is 37.9 Å². The van der Waals surface area contributed by atoms with Gasteiger partial charge in [0.25, 0.3) is 0 Å². The van der Waals surface area contributed by atoms with E-state index >= 15 is 0 Å². The molecule has 2 atom stereocenters. The fraction of sp³-hybridized carbons (Fsp3) is 0.313. The van der Waals surface area contributed by atoms with Crippen LogP contribution in [0.3, 0.4) is 0 Å². The van der Waals surface area contributed by atoms with Crippen molar-refractivity contribution in [3.8, 4) is 0 Å². The van der Waals surface area contributed by atoms with Gasteiger partial charge in [0.15, 0.2) is 0 Å². The molecule has 0 amide bonds. The second kappa shape index (κ2) is 79.4. The average molecular weight is 1450 g/mol. The molecule has 2 unspecified atom stereocenters. The summed E-state index contributed by atoms with van der Waals surface area (Å²) in [4.78, 5) is 0. The van der Waals surface area contributed by atoms with Crippen LogP contribution in [-0.2, 0) is 37.9 Å². The molecule has 12 aromatic rings. The van der Waals surface area contributed by atoms with Crippen LogP contribution in [-0.4, -0.2) is 108 Å². The van der Waals surface area contributed by atoms with Gasteiger partial charge in [-0.2, -0.15) is 0 Å². The van der Waals surface area contributed by atoms with E-state index in [0.717, 1.165) is 26.4 Å². The van der Waals surface area contributed by atoms with Gasteiger partial charge >= 0.3 is 0 Å². The van der Waals surface area contributed by atoms with E-state index in [2.05, 4.69) is 406 Å². The van der Waals surface area contributed by atoms with Crippen LogP contribution < -0.4 is 0 Å². The van der Waals surface area contributed by atoms with Gasteiger partial charge in [-0.15, -0.1) is 26.3 Å². The van der Waals surface area contributed by atoms with E-state index in [0.29, 0.717) is 38.6 Å². The van der Waals surface area contributed by atoms with Gasteiger partial charge in [-0.1, -0.05) is 417 Å².